The molecule has 4 rings (SSSR count). The molecular weight excluding hydrogens is 431 g/mol. The molecule has 1 saturated heterocycles. The number of anilines is 1. The van der Waals surface area contributed by atoms with Crippen LogP contribution < -0.4 is 10.6 Å². The SMILES string of the molecule is CC(C)(C)n1ccc([C@H]2C[C@@H](C(=O)Nc3ccc(Cl)cc3)N[C@H]2c2ccc(Cl)cc2)n1. The maximum absolute atomic E-state index is 13.0. The molecule has 1 amide bonds. The van der Waals surface area contributed by atoms with Crippen LogP contribution in [0.2, 0.25) is 10.0 Å². The van der Waals surface area contributed by atoms with Crippen LogP contribution in [-0.2, 0) is 10.3 Å². The molecule has 0 unspecified atom stereocenters. The van der Waals surface area contributed by atoms with E-state index >= 15 is 0 Å². The highest BCUT2D eigenvalue weighted by Gasteiger charge is 2.40. The van der Waals surface area contributed by atoms with Crippen LogP contribution in [0.1, 0.15) is 50.4 Å². The maximum atomic E-state index is 13.0. The zero-order valence-corrected chi connectivity index (χ0v) is 19.3. The molecule has 31 heavy (non-hydrogen) atoms. The van der Waals surface area contributed by atoms with Gasteiger partial charge in [0.15, 0.2) is 0 Å². The minimum absolute atomic E-state index is 0.0402. The number of halogens is 2. The van der Waals surface area contributed by atoms with Gasteiger partial charge >= 0.3 is 0 Å². The summed E-state index contributed by atoms with van der Waals surface area (Å²) in [6.45, 7) is 6.36. The molecule has 0 aliphatic carbocycles. The molecule has 2 N–H and O–H groups in total. The predicted molar refractivity (Wildman–Crippen MR) is 126 cm³/mol. The second-order valence-corrected chi connectivity index (χ2v) is 9.82. The zero-order chi connectivity index (χ0) is 22.2. The van der Waals surface area contributed by atoms with Gasteiger partial charge in [-0.25, -0.2) is 0 Å². The van der Waals surface area contributed by atoms with Crippen molar-refractivity contribution in [2.45, 2.75) is 50.7 Å². The number of nitrogens with zero attached hydrogens (tertiary/aromatic N) is 2. The van der Waals surface area contributed by atoms with E-state index in [2.05, 4.69) is 37.5 Å². The topological polar surface area (TPSA) is 59.0 Å². The van der Waals surface area contributed by atoms with Gasteiger partial charge in [0.05, 0.1) is 17.3 Å². The summed E-state index contributed by atoms with van der Waals surface area (Å²) in [6, 6.07) is 16.6. The average Bonchev–Trinajstić information content (AvgIpc) is 3.37. The largest absolute Gasteiger partial charge is 0.325 e. The molecule has 5 nitrogen and oxygen atoms in total. The first kappa shape index (κ1) is 21.9. The Hall–Kier alpha value is -2.34. The minimum Gasteiger partial charge on any atom is -0.325 e. The molecule has 1 fully saturated rings. The Kier molecular flexibility index (Phi) is 6.11. The number of rotatable bonds is 4. The average molecular weight is 457 g/mol. The molecule has 1 aromatic heterocycles. The van der Waals surface area contributed by atoms with Crippen molar-refractivity contribution in [3.63, 3.8) is 0 Å². The molecular formula is C24H26Cl2N4O. The van der Waals surface area contributed by atoms with Gasteiger partial charge in [-0.2, -0.15) is 5.10 Å². The number of hydrogen-bond donors (Lipinski definition) is 2. The molecule has 162 valence electrons. The van der Waals surface area contributed by atoms with Crippen LogP contribution in [0.5, 0.6) is 0 Å². The van der Waals surface area contributed by atoms with Gasteiger partial charge in [0, 0.05) is 33.9 Å². The Morgan fingerprint density at radius 3 is 2.23 bits per heavy atom. The number of amides is 1. The summed E-state index contributed by atoms with van der Waals surface area (Å²) in [5, 5.41) is 12.7. The van der Waals surface area contributed by atoms with Gasteiger partial charge in [0.2, 0.25) is 5.91 Å². The summed E-state index contributed by atoms with van der Waals surface area (Å²) in [5.41, 5.74) is 2.68. The standard InChI is InChI=1S/C24H26Cl2N4O/c1-24(2,3)30-13-12-20(29-30)19-14-21(23(31)27-18-10-8-17(26)9-11-18)28-22(19)15-4-6-16(25)7-5-15/h4-13,19,21-22,28H,14H2,1-3H3,(H,27,31)/t19-,21+,22+/m1/s1. The minimum atomic E-state index is -0.346. The smallest absolute Gasteiger partial charge is 0.241 e. The first-order valence-electron chi connectivity index (χ1n) is 10.3. The molecule has 0 spiro atoms. The van der Waals surface area contributed by atoms with Crippen LogP contribution in [0.4, 0.5) is 5.69 Å². The molecule has 0 radical (unpaired) electrons. The summed E-state index contributed by atoms with van der Waals surface area (Å²) < 4.78 is 1.97. The van der Waals surface area contributed by atoms with E-state index in [1.54, 1.807) is 24.3 Å². The van der Waals surface area contributed by atoms with Crippen LogP contribution in [0.15, 0.2) is 60.8 Å². The first-order chi connectivity index (χ1) is 14.7. The third-order valence-corrected chi connectivity index (χ3v) is 6.11. The van der Waals surface area contributed by atoms with Crippen molar-refractivity contribution in [1.82, 2.24) is 15.1 Å². The summed E-state index contributed by atoms with van der Waals surface area (Å²) in [6.07, 6.45) is 2.66. The van der Waals surface area contributed by atoms with Gasteiger partial charge in [-0.05, 0) is 75.2 Å². The van der Waals surface area contributed by atoms with Crippen molar-refractivity contribution in [2.75, 3.05) is 5.32 Å². The number of carbonyl (C=O) groups is 1. The molecule has 2 aromatic carbocycles. The van der Waals surface area contributed by atoms with E-state index in [-0.39, 0.29) is 29.4 Å². The van der Waals surface area contributed by atoms with Crippen LogP contribution in [0.25, 0.3) is 0 Å². The van der Waals surface area contributed by atoms with Crippen LogP contribution in [-0.4, -0.2) is 21.7 Å². The molecule has 1 aliphatic rings. The van der Waals surface area contributed by atoms with Crippen molar-refractivity contribution < 1.29 is 4.79 Å². The number of nitrogens with one attached hydrogen (secondary N) is 2. The third-order valence-electron chi connectivity index (χ3n) is 5.61. The lowest BCUT2D eigenvalue weighted by atomic mass is 9.90. The van der Waals surface area contributed by atoms with Gasteiger partial charge in [0.1, 0.15) is 0 Å². The van der Waals surface area contributed by atoms with Crippen LogP contribution >= 0.6 is 23.2 Å². The van der Waals surface area contributed by atoms with E-state index in [9.17, 15) is 4.79 Å². The quantitative estimate of drug-likeness (QED) is 0.523. The normalized spacial score (nSPS) is 21.3. The van der Waals surface area contributed by atoms with Gasteiger partial charge in [-0.15, -0.1) is 0 Å². The van der Waals surface area contributed by atoms with Crippen LogP contribution in [0, 0.1) is 0 Å². The lowest BCUT2D eigenvalue weighted by Gasteiger charge is -2.21. The Morgan fingerprint density at radius 1 is 1.03 bits per heavy atom. The monoisotopic (exact) mass is 456 g/mol. The third kappa shape index (κ3) is 4.95. The molecule has 3 atom stereocenters. The van der Waals surface area contributed by atoms with Crippen molar-refractivity contribution in [3.8, 4) is 0 Å². The Morgan fingerprint density at radius 2 is 1.65 bits per heavy atom. The Balaban J connectivity index is 1.60. The summed E-state index contributed by atoms with van der Waals surface area (Å²) >= 11 is 12.0. The van der Waals surface area contributed by atoms with E-state index in [4.69, 9.17) is 28.3 Å². The molecule has 1 aliphatic heterocycles. The van der Waals surface area contributed by atoms with E-state index in [1.165, 1.54) is 0 Å². The molecule has 3 aromatic rings. The van der Waals surface area contributed by atoms with Gasteiger partial charge in [-0.1, -0.05) is 35.3 Å². The van der Waals surface area contributed by atoms with Gasteiger partial charge < -0.3 is 5.32 Å². The lowest BCUT2D eigenvalue weighted by molar-refractivity contribution is -0.117. The van der Waals surface area contributed by atoms with E-state index in [1.807, 2.05) is 35.1 Å². The number of hydrogen-bond acceptors (Lipinski definition) is 3. The number of carbonyl (C=O) groups excluding carboxylic acids is 1. The van der Waals surface area contributed by atoms with E-state index in [0.29, 0.717) is 16.5 Å². The van der Waals surface area contributed by atoms with E-state index in [0.717, 1.165) is 16.9 Å². The highest BCUT2D eigenvalue weighted by atomic mass is 35.5. The van der Waals surface area contributed by atoms with Gasteiger partial charge in [-0.3, -0.25) is 14.8 Å². The molecule has 2 heterocycles. The Labute approximate surface area is 192 Å². The van der Waals surface area contributed by atoms with Crippen LogP contribution in [0.3, 0.4) is 0 Å². The number of benzene rings is 2. The molecule has 0 bridgehead atoms. The predicted octanol–water partition coefficient (Wildman–Crippen LogP) is 5.77. The van der Waals surface area contributed by atoms with Gasteiger partial charge in [0.25, 0.3) is 0 Å². The number of aromatic nitrogens is 2. The van der Waals surface area contributed by atoms with Crippen molar-refractivity contribution >= 4 is 34.8 Å². The lowest BCUT2D eigenvalue weighted by Crippen LogP contribution is -2.36. The Bertz CT molecular complexity index is 1050. The fourth-order valence-corrected chi connectivity index (χ4v) is 4.19. The molecule has 0 saturated carbocycles. The fraction of sp³-hybridized carbons (Fsp3) is 0.333. The highest BCUT2D eigenvalue weighted by molar-refractivity contribution is 6.30. The summed E-state index contributed by atoms with van der Waals surface area (Å²) in [7, 11) is 0. The summed E-state index contributed by atoms with van der Waals surface area (Å²) in [5.74, 6) is -0.00946. The second-order valence-electron chi connectivity index (χ2n) is 8.94. The maximum Gasteiger partial charge on any atom is 0.241 e. The second kappa shape index (κ2) is 8.65. The highest BCUT2D eigenvalue weighted by Crippen LogP contribution is 2.40. The fourth-order valence-electron chi connectivity index (χ4n) is 3.94. The van der Waals surface area contributed by atoms with Crippen molar-refractivity contribution in [1.29, 1.82) is 0 Å². The zero-order valence-electron chi connectivity index (χ0n) is 17.8. The summed E-state index contributed by atoms with van der Waals surface area (Å²) in [4.78, 5) is 13.0. The van der Waals surface area contributed by atoms with Crippen molar-refractivity contribution in [2.24, 2.45) is 0 Å². The first-order valence-corrected chi connectivity index (χ1v) is 11.1. The molecule has 7 heteroatoms. The van der Waals surface area contributed by atoms with Crippen molar-refractivity contribution in [3.05, 3.63) is 82.1 Å². The van der Waals surface area contributed by atoms with E-state index < -0.39 is 0 Å².